The van der Waals surface area contributed by atoms with E-state index in [9.17, 15) is 14.7 Å². The largest absolute Gasteiger partial charge is 0.497 e. The van der Waals surface area contributed by atoms with Crippen molar-refractivity contribution in [3.8, 4) is 5.75 Å². The molecule has 0 bridgehead atoms. The van der Waals surface area contributed by atoms with Gasteiger partial charge in [0.2, 0.25) is 0 Å². The fourth-order valence-corrected chi connectivity index (χ4v) is 8.62. The van der Waals surface area contributed by atoms with Gasteiger partial charge in [0.15, 0.2) is 0 Å². The lowest BCUT2D eigenvalue weighted by Crippen LogP contribution is -2.45. The molecule has 61 heavy (non-hydrogen) atoms. The zero-order valence-corrected chi connectivity index (χ0v) is 39.9. The highest BCUT2D eigenvalue weighted by atomic mass is 19.3. The highest BCUT2D eigenvalue weighted by molar-refractivity contribution is 5.63. The predicted octanol–water partition coefficient (Wildman–Crippen LogP) is 14.0. The number of halogens is 1. The van der Waals surface area contributed by atoms with Gasteiger partial charge in [0.25, 0.3) is 0 Å². The molecule has 0 aliphatic carbocycles. The molecule has 0 saturated heterocycles. The molecule has 0 amide bonds. The van der Waals surface area contributed by atoms with Crippen molar-refractivity contribution < 1.29 is 24.4 Å². The van der Waals surface area contributed by atoms with E-state index in [1.165, 1.54) is 116 Å². The van der Waals surface area contributed by atoms with E-state index in [1.807, 2.05) is 18.2 Å². The lowest BCUT2D eigenvalue weighted by atomic mass is 10.0. The Balaban J connectivity index is 2.15. The second-order valence-corrected chi connectivity index (χ2v) is 18.1. The molecular formula is C53H94FN3O4. The highest BCUT2D eigenvalue weighted by Gasteiger charge is 2.22. The number of anilines is 2. The molecule has 0 saturated carbocycles. The molecule has 8 heteroatoms. The summed E-state index contributed by atoms with van der Waals surface area (Å²) in [6.07, 6.45) is 30.3. The summed E-state index contributed by atoms with van der Waals surface area (Å²) in [5, 5.41) is 22.8. The molecular weight excluding hydrogens is 762 g/mol. The predicted molar refractivity (Wildman–Crippen MR) is 259 cm³/mol. The molecule has 3 unspecified atom stereocenters. The lowest BCUT2D eigenvalue weighted by molar-refractivity contribution is -0.187. The average Bonchev–Trinajstić information content (AvgIpc) is 3.28. The van der Waals surface area contributed by atoms with Crippen LogP contribution in [0.15, 0.2) is 54.6 Å². The van der Waals surface area contributed by atoms with Gasteiger partial charge in [-0.2, -0.15) is 4.94 Å². The van der Waals surface area contributed by atoms with Crippen LogP contribution >= 0.6 is 0 Å². The van der Waals surface area contributed by atoms with Crippen molar-refractivity contribution in [2.45, 2.75) is 212 Å². The minimum absolute atomic E-state index is 0.420. The van der Waals surface area contributed by atoms with Crippen molar-refractivity contribution in [1.29, 1.82) is 0 Å². The third-order valence-corrected chi connectivity index (χ3v) is 12.5. The summed E-state index contributed by atoms with van der Waals surface area (Å²) in [6.45, 7) is 11.2. The number of ether oxygens (including phenoxy) is 1. The third kappa shape index (κ3) is 28.2. The van der Waals surface area contributed by atoms with Crippen molar-refractivity contribution in [3.63, 3.8) is 0 Å². The van der Waals surface area contributed by atoms with E-state index in [-0.39, 0.29) is 0 Å². The molecule has 3 atom stereocenters. The van der Waals surface area contributed by atoms with Gasteiger partial charge in [-0.05, 0) is 60.2 Å². The van der Waals surface area contributed by atoms with Crippen LogP contribution in [0, 0.1) is 0 Å². The van der Waals surface area contributed by atoms with Gasteiger partial charge in [-0.15, -0.1) is 0 Å². The second kappa shape index (κ2) is 38.2. The Morgan fingerprint density at radius 2 is 0.852 bits per heavy atom. The van der Waals surface area contributed by atoms with Crippen LogP contribution in [-0.4, -0.2) is 91.2 Å². The Kier molecular flexibility index (Phi) is 34.4. The molecule has 0 spiro atoms. The van der Waals surface area contributed by atoms with Gasteiger partial charge < -0.3 is 19.8 Å². The van der Waals surface area contributed by atoms with Crippen LogP contribution in [0.5, 0.6) is 5.75 Å². The molecule has 0 fully saturated rings. The Morgan fingerprint density at radius 3 is 1.31 bits per heavy atom. The van der Waals surface area contributed by atoms with Gasteiger partial charge >= 0.3 is 0 Å². The number of para-hydroxylation sites is 1. The lowest BCUT2D eigenvalue weighted by Gasteiger charge is -2.33. The van der Waals surface area contributed by atoms with Crippen LogP contribution in [0.2, 0.25) is 0 Å². The standard InChI is InChI=1S/C53H94FN3O4/c1-5-8-11-14-17-20-23-29-34-50(58)45-55(43-44-57(48-32-27-26-28-33-48)49-37-39-52(60-4)40-38-49)41-42-56(46-51(59)35-30-24-21-18-15-12-9-6-2)47-53(61-54)36-31-25-22-19-16-13-10-7-3/h26-28,32-33,37-40,50-51,53,58-59H,5-25,29-31,34-36,41-47H2,1-4H3. The molecule has 2 aromatic rings. The van der Waals surface area contributed by atoms with Gasteiger partial charge in [-0.1, -0.05) is 193 Å². The van der Waals surface area contributed by atoms with Crippen molar-refractivity contribution in [2.75, 3.05) is 57.8 Å². The summed E-state index contributed by atoms with van der Waals surface area (Å²) in [5.74, 6) is 0.824. The first-order chi connectivity index (χ1) is 29.9. The van der Waals surface area contributed by atoms with E-state index < -0.39 is 18.3 Å². The number of hydrogen-bond donors (Lipinski definition) is 2. The molecule has 352 valence electrons. The van der Waals surface area contributed by atoms with Crippen molar-refractivity contribution in [2.24, 2.45) is 0 Å². The van der Waals surface area contributed by atoms with E-state index in [1.54, 1.807) is 7.11 Å². The second-order valence-electron chi connectivity index (χ2n) is 18.1. The van der Waals surface area contributed by atoms with E-state index >= 15 is 0 Å². The van der Waals surface area contributed by atoms with E-state index in [2.05, 4.69) is 76.8 Å². The molecule has 0 aliphatic rings. The van der Waals surface area contributed by atoms with Gasteiger partial charge in [0, 0.05) is 57.2 Å². The molecule has 2 rings (SSSR count). The fraction of sp³-hybridized carbons (Fsp3) is 0.774. The zero-order valence-electron chi connectivity index (χ0n) is 39.9. The number of hydrogen-bond acceptors (Lipinski definition) is 7. The van der Waals surface area contributed by atoms with Crippen LogP contribution in [0.3, 0.4) is 0 Å². The minimum atomic E-state index is -0.514. The number of nitrogens with zero attached hydrogens (tertiary/aromatic N) is 3. The highest BCUT2D eigenvalue weighted by Crippen LogP contribution is 2.27. The maximum Gasteiger partial charge on any atom is 0.119 e. The van der Waals surface area contributed by atoms with Gasteiger partial charge in [-0.25, -0.2) is 0 Å². The van der Waals surface area contributed by atoms with Crippen molar-refractivity contribution >= 4 is 11.4 Å². The zero-order chi connectivity index (χ0) is 44.0. The van der Waals surface area contributed by atoms with Crippen LogP contribution in [0.4, 0.5) is 15.9 Å². The minimum Gasteiger partial charge on any atom is -0.497 e. The molecule has 2 aromatic carbocycles. The SMILES string of the molecule is CCCCCCCCCCC(O)CN(CCN(CC(O)CCCCCCCCCC)CC(CCCCCCCCCC)OF)CCN(c1ccccc1)c1ccc(OC)cc1. The number of methoxy groups -OCH3 is 1. The summed E-state index contributed by atoms with van der Waals surface area (Å²) >= 11 is 0. The first kappa shape index (κ1) is 54.9. The molecule has 0 radical (unpaired) electrons. The summed E-state index contributed by atoms with van der Waals surface area (Å²) < 4.78 is 19.7. The van der Waals surface area contributed by atoms with Gasteiger partial charge in [0.05, 0.1) is 19.3 Å². The number of rotatable bonds is 43. The average molecular weight is 856 g/mol. The van der Waals surface area contributed by atoms with E-state index in [0.717, 1.165) is 81.6 Å². The summed E-state index contributed by atoms with van der Waals surface area (Å²) in [7, 11) is 1.69. The Hall–Kier alpha value is -2.23. The normalized spacial score (nSPS) is 13.3. The number of unbranched alkanes of at least 4 members (excludes halogenated alkanes) is 21. The van der Waals surface area contributed by atoms with Crippen LogP contribution in [0.1, 0.15) is 194 Å². The van der Waals surface area contributed by atoms with E-state index in [0.29, 0.717) is 39.1 Å². The molecule has 0 aromatic heterocycles. The quantitative estimate of drug-likeness (QED) is 0.0644. The van der Waals surface area contributed by atoms with Crippen LogP contribution < -0.4 is 9.64 Å². The smallest absolute Gasteiger partial charge is 0.119 e. The van der Waals surface area contributed by atoms with Gasteiger partial charge in [0.1, 0.15) is 11.9 Å². The Bertz CT molecular complexity index is 1220. The number of aliphatic hydroxyl groups excluding tert-OH is 2. The summed E-state index contributed by atoms with van der Waals surface area (Å²) in [4.78, 5) is 11.6. The number of benzene rings is 2. The maximum atomic E-state index is 14.2. The maximum absolute atomic E-state index is 14.2. The van der Waals surface area contributed by atoms with Crippen molar-refractivity contribution in [1.82, 2.24) is 9.80 Å². The monoisotopic (exact) mass is 856 g/mol. The molecule has 0 heterocycles. The summed E-state index contributed by atoms with van der Waals surface area (Å²) in [6, 6.07) is 18.7. The number of aliphatic hydroxyl groups is 2. The molecule has 0 aliphatic heterocycles. The molecule has 2 N–H and O–H groups in total. The first-order valence-electron chi connectivity index (χ1n) is 25.5. The van der Waals surface area contributed by atoms with Crippen LogP contribution in [-0.2, 0) is 4.94 Å². The first-order valence-corrected chi connectivity index (χ1v) is 25.5. The van der Waals surface area contributed by atoms with Crippen molar-refractivity contribution in [3.05, 3.63) is 54.6 Å². The van der Waals surface area contributed by atoms with Gasteiger partial charge in [-0.3, -0.25) is 9.80 Å². The fourth-order valence-electron chi connectivity index (χ4n) is 8.62. The Labute approximate surface area is 375 Å². The van der Waals surface area contributed by atoms with E-state index in [4.69, 9.17) is 4.74 Å². The third-order valence-electron chi connectivity index (χ3n) is 12.5. The van der Waals surface area contributed by atoms with Crippen LogP contribution in [0.25, 0.3) is 0 Å². The summed E-state index contributed by atoms with van der Waals surface area (Å²) in [5.41, 5.74) is 2.20. The Morgan fingerprint density at radius 1 is 0.459 bits per heavy atom. The molecule has 7 nitrogen and oxygen atoms in total. The topological polar surface area (TPSA) is 68.6 Å².